The summed E-state index contributed by atoms with van der Waals surface area (Å²) in [6.45, 7) is 6.65. The summed E-state index contributed by atoms with van der Waals surface area (Å²) in [7, 11) is 0. The van der Waals surface area contributed by atoms with Crippen LogP contribution in [0.1, 0.15) is 16.7 Å². The van der Waals surface area contributed by atoms with Crippen molar-refractivity contribution in [3.8, 4) is 0 Å². The SMILES string of the molecule is Cc1cc(C)c(B2c3c4c(cc5ccccc35)N(c3ccc5c(c3)oc3cc6ccccc6cc35)c3cc5ccccc5cc3N4c3ccc4c(oc5cc6ccccc6cc54)c32)c(C)c1. The predicted octanol–water partition coefficient (Wildman–Crippen LogP) is 15.1. The Kier molecular flexibility index (Phi) is 7.07. The van der Waals surface area contributed by atoms with Gasteiger partial charge in [-0.15, -0.1) is 0 Å². The molecule has 0 fully saturated rings. The van der Waals surface area contributed by atoms with Crippen LogP contribution < -0.4 is 26.2 Å². The Bertz CT molecular complexity index is 4290. The van der Waals surface area contributed by atoms with E-state index in [1.54, 1.807) is 0 Å². The normalized spacial score (nSPS) is 13.3. The maximum absolute atomic E-state index is 7.27. The van der Waals surface area contributed by atoms with Crippen LogP contribution in [0.4, 0.5) is 34.1 Å². The van der Waals surface area contributed by atoms with Gasteiger partial charge in [-0.25, -0.2) is 0 Å². The molecule has 0 N–H and O–H groups in total. The van der Waals surface area contributed by atoms with E-state index in [4.69, 9.17) is 8.83 Å². The highest BCUT2D eigenvalue weighted by molar-refractivity contribution is 7.01. The van der Waals surface area contributed by atoms with E-state index < -0.39 is 0 Å². The molecule has 0 aliphatic carbocycles. The van der Waals surface area contributed by atoms with Crippen LogP contribution in [0.5, 0.6) is 0 Å². The number of hydrogen-bond acceptors (Lipinski definition) is 4. The van der Waals surface area contributed by atoms with Gasteiger partial charge in [0.05, 0.1) is 28.4 Å². The summed E-state index contributed by atoms with van der Waals surface area (Å²) in [5, 5.41) is 14.1. The van der Waals surface area contributed by atoms with Gasteiger partial charge in [-0.1, -0.05) is 131 Å². The molecule has 2 aromatic heterocycles. The first-order valence-electron chi connectivity index (χ1n) is 22.9. The zero-order chi connectivity index (χ0) is 43.5. The van der Waals surface area contributed by atoms with Crippen molar-refractivity contribution in [3.63, 3.8) is 0 Å². The summed E-state index contributed by atoms with van der Waals surface area (Å²) >= 11 is 0. The molecule has 0 saturated heterocycles. The van der Waals surface area contributed by atoms with Crippen LogP contribution in [0.25, 0.3) is 87.0 Å². The Labute approximate surface area is 380 Å². The third kappa shape index (κ3) is 4.84. The van der Waals surface area contributed by atoms with E-state index >= 15 is 0 Å². The Hall–Kier alpha value is -8.28. The van der Waals surface area contributed by atoms with Crippen LogP contribution in [0.15, 0.2) is 191 Å². The van der Waals surface area contributed by atoms with E-state index in [1.807, 2.05) is 0 Å². The van der Waals surface area contributed by atoms with Crippen molar-refractivity contribution >= 4 is 144 Å². The highest BCUT2D eigenvalue weighted by Gasteiger charge is 2.45. The first-order chi connectivity index (χ1) is 32.4. The van der Waals surface area contributed by atoms with Gasteiger partial charge in [-0.2, -0.15) is 0 Å². The number of hydrogen-bond donors (Lipinski definition) is 0. The second-order valence-electron chi connectivity index (χ2n) is 18.6. The van der Waals surface area contributed by atoms with E-state index in [9.17, 15) is 0 Å². The van der Waals surface area contributed by atoms with Crippen molar-refractivity contribution in [3.05, 3.63) is 199 Å². The molecule has 0 saturated carbocycles. The topological polar surface area (TPSA) is 32.8 Å². The van der Waals surface area contributed by atoms with E-state index in [0.717, 1.165) is 72.3 Å². The van der Waals surface area contributed by atoms with Crippen LogP contribution >= 0.6 is 0 Å². The molecule has 4 nitrogen and oxygen atoms in total. The molecule has 308 valence electrons. The number of furan rings is 2. The number of nitrogens with zero attached hydrogens (tertiary/aromatic N) is 2. The van der Waals surface area contributed by atoms with Crippen LogP contribution in [-0.4, -0.2) is 6.71 Å². The molecule has 0 bridgehead atoms. The molecule has 0 unspecified atom stereocenters. The fraction of sp³-hybridized carbons (Fsp3) is 0.0492. The lowest BCUT2D eigenvalue weighted by molar-refractivity contribution is 0.669. The largest absolute Gasteiger partial charge is 0.456 e. The fourth-order valence-corrected chi connectivity index (χ4v) is 12.1. The van der Waals surface area contributed by atoms with Crippen LogP contribution in [0.2, 0.25) is 0 Å². The van der Waals surface area contributed by atoms with Crippen molar-refractivity contribution in [1.82, 2.24) is 0 Å². The quantitative estimate of drug-likeness (QED) is 0.162. The second kappa shape index (κ2) is 12.9. The molecule has 0 spiro atoms. The summed E-state index contributed by atoms with van der Waals surface area (Å²) in [6, 6.07) is 67.2. The lowest BCUT2D eigenvalue weighted by Gasteiger charge is -2.46. The molecule has 2 aliphatic heterocycles. The first kappa shape index (κ1) is 36.1. The Morgan fingerprint density at radius 2 is 0.864 bits per heavy atom. The molecular formula is C61H39BN2O2. The van der Waals surface area contributed by atoms with E-state index in [0.29, 0.717) is 0 Å². The summed E-state index contributed by atoms with van der Waals surface area (Å²) < 4.78 is 14.1. The zero-order valence-corrected chi connectivity index (χ0v) is 36.6. The van der Waals surface area contributed by atoms with Crippen molar-refractivity contribution in [2.24, 2.45) is 0 Å². The number of benzene rings is 11. The van der Waals surface area contributed by atoms with Crippen molar-refractivity contribution in [1.29, 1.82) is 0 Å². The Balaban J connectivity index is 1.09. The van der Waals surface area contributed by atoms with E-state index in [1.165, 1.54) is 81.9 Å². The minimum atomic E-state index is -0.147. The van der Waals surface area contributed by atoms with Gasteiger partial charge in [0, 0.05) is 33.3 Å². The van der Waals surface area contributed by atoms with Gasteiger partial charge in [0.15, 0.2) is 0 Å². The smallest absolute Gasteiger partial charge is 0.253 e. The molecule has 2 aliphatic rings. The van der Waals surface area contributed by atoms with Gasteiger partial charge in [0.1, 0.15) is 22.3 Å². The molecule has 13 aromatic rings. The van der Waals surface area contributed by atoms with E-state index in [2.05, 4.69) is 213 Å². The number of rotatable bonds is 2. The summed E-state index contributed by atoms with van der Waals surface area (Å²) in [4.78, 5) is 5.06. The lowest BCUT2D eigenvalue weighted by Crippen LogP contribution is -2.59. The van der Waals surface area contributed by atoms with Gasteiger partial charge in [-0.05, 0) is 142 Å². The second-order valence-corrected chi connectivity index (χ2v) is 18.6. The third-order valence-corrected chi connectivity index (χ3v) is 14.8. The molecular weight excluding hydrogens is 803 g/mol. The van der Waals surface area contributed by atoms with Gasteiger partial charge in [0.2, 0.25) is 0 Å². The van der Waals surface area contributed by atoms with Crippen LogP contribution in [0.3, 0.4) is 0 Å². The molecule has 0 amide bonds. The highest BCUT2D eigenvalue weighted by atomic mass is 16.3. The van der Waals surface area contributed by atoms with Gasteiger partial charge in [-0.3, -0.25) is 0 Å². The Morgan fingerprint density at radius 3 is 1.53 bits per heavy atom. The zero-order valence-electron chi connectivity index (χ0n) is 36.6. The molecule has 66 heavy (non-hydrogen) atoms. The predicted molar refractivity (Wildman–Crippen MR) is 279 cm³/mol. The van der Waals surface area contributed by atoms with Crippen LogP contribution in [0, 0.1) is 20.8 Å². The van der Waals surface area contributed by atoms with Crippen molar-refractivity contribution < 1.29 is 8.83 Å². The van der Waals surface area contributed by atoms with E-state index in [-0.39, 0.29) is 6.71 Å². The molecule has 5 heteroatoms. The highest BCUT2D eigenvalue weighted by Crippen LogP contribution is 2.57. The lowest BCUT2D eigenvalue weighted by atomic mass is 9.33. The minimum absolute atomic E-state index is 0.147. The van der Waals surface area contributed by atoms with Crippen molar-refractivity contribution in [2.45, 2.75) is 20.8 Å². The van der Waals surface area contributed by atoms with Gasteiger partial charge < -0.3 is 18.6 Å². The third-order valence-electron chi connectivity index (χ3n) is 14.8. The maximum Gasteiger partial charge on any atom is 0.253 e. The summed E-state index contributed by atoms with van der Waals surface area (Å²) in [5.74, 6) is 0. The van der Waals surface area contributed by atoms with Crippen molar-refractivity contribution in [2.75, 3.05) is 9.80 Å². The monoisotopic (exact) mass is 842 g/mol. The molecule has 0 radical (unpaired) electrons. The average molecular weight is 843 g/mol. The van der Waals surface area contributed by atoms with Gasteiger partial charge in [0.25, 0.3) is 6.71 Å². The van der Waals surface area contributed by atoms with Gasteiger partial charge >= 0.3 is 0 Å². The molecule has 11 aromatic carbocycles. The molecule has 4 heterocycles. The minimum Gasteiger partial charge on any atom is -0.456 e. The fourth-order valence-electron chi connectivity index (χ4n) is 12.1. The summed E-state index contributed by atoms with van der Waals surface area (Å²) in [6.07, 6.45) is 0. The standard InChI is InChI=1S/C61H39BN2O2/c1-34-24-35(2)57(36(3)25-34)62-58-45-19-11-10-18-43(45)30-53-60(58)64(50-23-22-47-49-27-38-13-5-9-17-42(38)32-55(49)66-61(47)59(50)62)52-29-40-15-7-6-14-39(40)28-51(52)63(53)44-20-21-46-48-26-37-12-4-8-16-41(37)31-54(48)65-56(46)33-44/h4-33H,1-3H3. The number of fused-ring (bicyclic) bond motifs is 16. The maximum atomic E-state index is 7.27. The first-order valence-corrected chi connectivity index (χ1v) is 22.9. The molecule has 0 atom stereocenters. The Morgan fingerprint density at radius 1 is 0.348 bits per heavy atom. The molecule has 15 rings (SSSR count). The number of anilines is 6. The number of aryl methyl sites for hydroxylation is 3. The average Bonchev–Trinajstić information content (AvgIpc) is 3.88. The van der Waals surface area contributed by atoms with Crippen LogP contribution in [-0.2, 0) is 0 Å². The summed E-state index contributed by atoms with van der Waals surface area (Å²) in [5.41, 5.74) is 17.9.